The van der Waals surface area contributed by atoms with Crippen LogP contribution in [0, 0.1) is 12.3 Å². The van der Waals surface area contributed by atoms with Crippen LogP contribution in [0.1, 0.15) is 37.4 Å². The van der Waals surface area contributed by atoms with Gasteiger partial charge in [0.05, 0.1) is 13.2 Å². The number of ether oxygens (including phenoxy) is 1. The van der Waals surface area contributed by atoms with Crippen LogP contribution in [-0.2, 0) is 9.53 Å². The molecule has 6 heteroatoms. The Morgan fingerprint density at radius 3 is 2.77 bits per heavy atom. The molecule has 0 saturated carbocycles. The number of hydrogen-bond donors (Lipinski definition) is 1. The van der Waals surface area contributed by atoms with E-state index in [9.17, 15) is 4.79 Å². The van der Waals surface area contributed by atoms with E-state index in [2.05, 4.69) is 28.8 Å². The van der Waals surface area contributed by atoms with Gasteiger partial charge in [0.2, 0.25) is 5.91 Å². The number of imidazole rings is 1. The SMILES string of the molecule is Cc1cnc([C@H]2CN(C(=O)C3(C)CCN(C)CC3)CCO2)[nH]1. The first kappa shape index (κ1) is 15.5. The molecule has 0 aliphatic carbocycles. The zero-order chi connectivity index (χ0) is 15.7. The van der Waals surface area contributed by atoms with Crippen LogP contribution in [-0.4, -0.2) is 65.5 Å². The maximum absolute atomic E-state index is 13.0. The largest absolute Gasteiger partial charge is 0.367 e. The molecule has 2 aliphatic heterocycles. The topological polar surface area (TPSA) is 61.5 Å². The first-order chi connectivity index (χ1) is 10.5. The van der Waals surface area contributed by atoms with Crippen molar-refractivity contribution in [1.29, 1.82) is 0 Å². The number of nitrogens with zero attached hydrogens (tertiary/aromatic N) is 3. The van der Waals surface area contributed by atoms with Crippen LogP contribution in [0.2, 0.25) is 0 Å². The van der Waals surface area contributed by atoms with Gasteiger partial charge in [-0.05, 0) is 39.9 Å². The van der Waals surface area contributed by atoms with Crippen molar-refractivity contribution < 1.29 is 9.53 Å². The Morgan fingerprint density at radius 1 is 1.41 bits per heavy atom. The Morgan fingerprint density at radius 2 is 2.14 bits per heavy atom. The van der Waals surface area contributed by atoms with E-state index < -0.39 is 0 Å². The molecule has 0 aromatic carbocycles. The lowest BCUT2D eigenvalue weighted by molar-refractivity contribution is -0.151. The van der Waals surface area contributed by atoms with Crippen molar-refractivity contribution >= 4 is 5.91 Å². The number of nitrogens with one attached hydrogen (secondary N) is 1. The van der Waals surface area contributed by atoms with Crippen LogP contribution in [0.5, 0.6) is 0 Å². The number of piperidine rings is 1. The summed E-state index contributed by atoms with van der Waals surface area (Å²) in [6.07, 6.45) is 3.54. The third kappa shape index (κ3) is 3.03. The van der Waals surface area contributed by atoms with Crippen molar-refractivity contribution in [2.75, 3.05) is 39.8 Å². The smallest absolute Gasteiger partial charge is 0.228 e. The molecule has 2 fully saturated rings. The molecule has 0 spiro atoms. The number of likely N-dealkylation sites (tertiary alicyclic amines) is 1. The standard InChI is InChI=1S/C16H26N4O2/c1-12-10-17-14(18-12)13-11-20(8-9-22-13)15(21)16(2)4-6-19(3)7-5-16/h10,13H,4-9,11H2,1-3H3,(H,17,18)/t13-/m1/s1. The highest BCUT2D eigenvalue weighted by atomic mass is 16.5. The minimum Gasteiger partial charge on any atom is -0.367 e. The fourth-order valence-corrected chi connectivity index (χ4v) is 3.30. The van der Waals surface area contributed by atoms with Gasteiger partial charge in [0.15, 0.2) is 0 Å². The minimum atomic E-state index is -0.229. The van der Waals surface area contributed by atoms with E-state index in [1.165, 1.54) is 0 Å². The second-order valence-electron chi connectivity index (χ2n) is 6.93. The highest BCUT2D eigenvalue weighted by molar-refractivity contribution is 5.82. The number of aromatic amines is 1. The molecule has 1 amide bonds. The first-order valence-corrected chi connectivity index (χ1v) is 8.09. The van der Waals surface area contributed by atoms with Gasteiger partial charge in [-0.25, -0.2) is 4.98 Å². The van der Waals surface area contributed by atoms with Gasteiger partial charge in [0.25, 0.3) is 0 Å². The van der Waals surface area contributed by atoms with Gasteiger partial charge in [-0.1, -0.05) is 6.92 Å². The predicted molar refractivity (Wildman–Crippen MR) is 83.4 cm³/mol. The van der Waals surface area contributed by atoms with E-state index in [-0.39, 0.29) is 17.4 Å². The van der Waals surface area contributed by atoms with Crippen molar-refractivity contribution in [1.82, 2.24) is 19.8 Å². The third-order valence-electron chi connectivity index (χ3n) is 4.99. The molecular formula is C16H26N4O2. The summed E-state index contributed by atoms with van der Waals surface area (Å²) in [7, 11) is 2.12. The molecule has 6 nitrogen and oxygen atoms in total. The lowest BCUT2D eigenvalue weighted by Gasteiger charge is -2.42. The molecule has 1 aromatic heterocycles. The molecule has 22 heavy (non-hydrogen) atoms. The monoisotopic (exact) mass is 306 g/mol. The number of carbonyl (C=O) groups is 1. The van der Waals surface area contributed by atoms with Gasteiger partial charge in [0.1, 0.15) is 11.9 Å². The maximum Gasteiger partial charge on any atom is 0.228 e. The van der Waals surface area contributed by atoms with Crippen molar-refractivity contribution in [2.45, 2.75) is 32.8 Å². The summed E-state index contributed by atoms with van der Waals surface area (Å²) in [5.41, 5.74) is 0.789. The summed E-state index contributed by atoms with van der Waals surface area (Å²) in [5, 5.41) is 0. The van der Waals surface area contributed by atoms with Crippen LogP contribution < -0.4 is 0 Å². The maximum atomic E-state index is 13.0. The number of H-pyrrole nitrogens is 1. The highest BCUT2D eigenvalue weighted by Gasteiger charge is 2.40. The molecule has 2 saturated heterocycles. The van der Waals surface area contributed by atoms with Gasteiger partial charge in [0, 0.05) is 23.9 Å². The van der Waals surface area contributed by atoms with E-state index in [1.807, 2.05) is 11.8 Å². The molecule has 1 atom stereocenters. The fourth-order valence-electron chi connectivity index (χ4n) is 3.30. The molecule has 1 N–H and O–H groups in total. The third-order valence-corrected chi connectivity index (χ3v) is 4.99. The lowest BCUT2D eigenvalue weighted by atomic mass is 9.79. The molecule has 2 aliphatic rings. The molecule has 0 bridgehead atoms. The number of amides is 1. The summed E-state index contributed by atoms with van der Waals surface area (Å²) < 4.78 is 5.80. The second-order valence-corrected chi connectivity index (χ2v) is 6.93. The number of carbonyl (C=O) groups excluding carboxylic acids is 1. The van der Waals surface area contributed by atoms with Crippen LogP contribution >= 0.6 is 0 Å². The predicted octanol–water partition coefficient (Wildman–Crippen LogP) is 1.35. The zero-order valence-electron chi connectivity index (χ0n) is 13.8. The van der Waals surface area contributed by atoms with Gasteiger partial charge in [-0.15, -0.1) is 0 Å². The summed E-state index contributed by atoms with van der Waals surface area (Å²) in [6, 6.07) is 0. The number of rotatable bonds is 2. The van der Waals surface area contributed by atoms with Crippen LogP contribution in [0.4, 0.5) is 0 Å². The van der Waals surface area contributed by atoms with Crippen molar-refractivity contribution in [2.24, 2.45) is 5.41 Å². The molecule has 0 unspecified atom stereocenters. The van der Waals surface area contributed by atoms with Crippen LogP contribution in [0.15, 0.2) is 6.20 Å². The Balaban J connectivity index is 1.67. The van der Waals surface area contributed by atoms with Gasteiger partial charge in [-0.2, -0.15) is 0 Å². The lowest BCUT2D eigenvalue weighted by Crippen LogP contribution is -2.51. The van der Waals surface area contributed by atoms with Crippen LogP contribution in [0.25, 0.3) is 0 Å². The summed E-state index contributed by atoms with van der Waals surface area (Å²) in [6.45, 7) is 7.93. The molecule has 0 radical (unpaired) electrons. The van der Waals surface area contributed by atoms with E-state index in [0.717, 1.165) is 37.4 Å². The summed E-state index contributed by atoms with van der Waals surface area (Å²) in [5.74, 6) is 1.10. The second kappa shape index (κ2) is 6.01. The van der Waals surface area contributed by atoms with Crippen LogP contribution in [0.3, 0.4) is 0 Å². The molecular weight excluding hydrogens is 280 g/mol. The van der Waals surface area contributed by atoms with Gasteiger partial charge >= 0.3 is 0 Å². The Kier molecular flexibility index (Phi) is 4.23. The van der Waals surface area contributed by atoms with E-state index >= 15 is 0 Å². The van der Waals surface area contributed by atoms with E-state index in [1.54, 1.807) is 6.20 Å². The number of morpholine rings is 1. The minimum absolute atomic E-state index is 0.138. The quantitative estimate of drug-likeness (QED) is 0.896. The molecule has 1 aromatic rings. The van der Waals surface area contributed by atoms with Crippen molar-refractivity contribution in [3.05, 3.63) is 17.7 Å². The number of aromatic nitrogens is 2. The van der Waals surface area contributed by atoms with Crippen molar-refractivity contribution in [3.8, 4) is 0 Å². The number of hydrogen-bond acceptors (Lipinski definition) is 4. The summed E-state index contributed by atoms with van der Waals surface area (Å²) >= 11 is 0. The number of aryl methyl sites for hydroxylation is 1. The normalized spacial score (nSPS) is 26.1. The molecule has 3 heterocycles. The van der Waals surface area contributed by atoms with Crippen molar-refractivity contribution in [3.63, 3.8) is 0 Å². The molecule has 122 valence electrons. The first-order valence-electron chi connectivity index (χ1n) is 8.09. The Bertz CT molecular complexity index is 534. The average molecular weight is 306 g/mol. The zero-order valence-corrected chi connectivity index (χ0v) is 13.8. The van der Waals surface area contributed by atoms with Gasteiger partial charge in [-0.3, -0.25) is 4.79 Å². The highest BCUT2D eigenvalue weighted by Crippen LogP contribution is 2.34. The summed E-state index contributed by atoms with van der Waals surface area (Å²) in [4.78, 5) is 24.8. The van der Waals surface area contributed by atoms with E-state index in [4.69, 9.17) is 4.74 Å². The Labute approximate surface area is 131 Å². The molecule has 3 rings (SSSR count). The fraction of sp³-hybridized carbons (Fsp3) is 0.750. The average Bonchev–Trinajstić information content (AvgIpc) is 2.96. The van der Waals surface area contributed by atoms with E-state index in [0.29, 0.717) is 19.7 Å². The van der Waals surface area contributed by atoms with Gasteiger partial charge < -0.3 is 19.5 Å². The Hall–Kier alpha value is -1.40.